The van der Waals surface area contributed by atoms with Crippen molar-refractivity contribution in [2.75, 3.05) is 25.4 Å². The first-order valence-electron chi connectivity index (χ1n) is 5.57. The van der Waals surface area contributed by atoms with E-state index >= 15 is 0 Å². The summed E-state index contributed by atoms with van der Waals surface area (Å²) in [5.74, 6) is 0.225. The van der Waals surface area contributed by atoms with Gasteiger partial charge in [0.05, 0.1) is 11.3 Å². The molecule has 3 rings (SSSR count). The van der Waals surface area contributed by atoms with Crippen molar-refractivity contribution in [1.82, 2.24) is 13.8 Å². The Balaban J connectivity index is 1.86. The van der Waals surface area contributed by atoms with E-state index < -0.39 is 10.2 Å². The van der Waals surface area contributed by atoms with Gasteiger partial charge in [-0.2, -0.15) is 17.0 Å². The van der Waals surface area contributed by atoms with E-state index in [4.69, 9.17) is 10.3 Å². The molecule has 0 aromatic carbocycles. The molecule has 1 aromatic rings. The molecule has 0 unspecified atom stereocenters. The van der Waals surface area contributed by atoms with Crippen LogP contribution in [0.4, 0.5) is 5.88 Å². The summed E-state index contributed by atoms with van der Waals surface area (Å²) in [5, 5.41) is 3.82. The smallest absolute Gasteiger partial charge is 0.282 e. The van der Waals surface area contributed by atoms with Gasteiger partial charge in [-0.25, -0.2) is 0 Å². The van der Waals surface area contributed by atoms with Crippen molar-refractivity contribution in [3.05, 3.63) is 11.3 Å². The van der Waals surface area contributed by atoms with Crippen LogP contribution in [0.5, 0.6) is 0 Å². The third kappa shape index (κ3) is 1.63. The number of nitrogens with two attached hydrogens (primary N) is 1. The van der Waals surface area contributed by atoms with Crippen molar-refractivity contribution in [3.8, 4) is 0 Å². The van der Waals surface area contributed by atoms with Crippen LogP contribution in [0.25, 0.3) is 0 Å². The molecule has 0 amide bonds. The maximum Gasteiger partial charge on any atom is 0.282 e. The second-order valence-electron chi connectivity index (χ2n) is 4.32. The van der Waals surface area contributed by atoms with Gasteiger partial charge in [0, 0.05) is 32.6 Å². The Morgan fingerprint density at radius 2 is 2.00 bits per heavy atom. The number of anilines is 1. The molecule has 2 aliphatic rings. The first-order valence-corrected chi connectivity index (χ1v) is 6.97. The number of nitrogen functional groups attached to an aromatic ring is 1. The number of hydrogen-bond acceptors (Lipinski definition) is 5. The quantitative estimate of drug-likeness (QED) is 0.776. The molecule has 2 aliphatic heterocycles. The van der Waals surface area contributed by atoms with E-state index in [2.05, 4.69) is 5.16 Å². The number of rotatable bonds is 2. The van der Waals surface area contributed by atoms with Gasteiger partial charge in [-0.3, -0.25) is 0 Å². The first-order chi connectivity index (χ1) is 8.09. The summed E-state index contributed by atoms with van der Waals surface area (Å²) < 4.78 is 32.1. The molecule has 0 aliphatic carbocycles. The standard InChI is InChI=1S/C9H14N4O3S/c10-9-7-6-13(5-2-8(7)11-16-9)17(14,15)12-3-1-4-12/h1-6,10H2. The van der Waals surface area contributed by atoms with E-state index in [9.17, 15) is 8.42 Å². The number of fused-ring (bicyclic) bond motifs is 1. The van der Waals surface area contributed by atoms with Crippen molar-refractivity contribution in [1.29, 1.82) is 0 Å². The summed E-state index contributed by atoms with van der Waals surface area (Å²) >= 11 is 0. The van der Waals surface area contributed by atoms with Crippen molar-refractivity contribution in [3.63, 3.8) is 0 Å². The predicted octanol–water partition coefficient (Wildman–Crippen LogP) is -0.435. The van der Waals surface area contributed by atoms with Gasteiger partial charge in [0.2, 0.25) is 5.88 Å². The molecule has 1 fully saturated rings. The van der Waals surface area contributed by atoms with E-state index in [1.165, 1.54) is 8.61 Å². The van der Waals surface area contributed by atoms with E-state index in [-0.39, 0.29) is 12.4 Å². The van der Waals surface area contributed by atoms with Crippen LogP contribution in [0.3, 0.4) is 0 Å². The second kappa shape index (κ2) is 3.69. The van der Waals surface area contributed by atoms with Crippen LogP contribution in [0.15, 0.2) is 4.52 Å². The summed E-state index contributed by atoms with van der Waals surface area (Å²) in [7, 11) is -3.32. The monoisotopic (exact) mass is 258 g/mol. The fourth-order valence-electron chi connectivity index (χ4n) is 2.09. The maximum absolute atomic E-state index is 12.2. The van der Waals surface area contributed by atoms with Gasteiger partial charge in [-0.05, 0) is 6.42 Å². The second-order valence-corrected chi connectivity index (χ2v) is 6.24. The molecular formula is C9H14N4O3S. The van der Waals surface area contributed by atoms with Crippen molar-refractivity contribution >= 4 is 16.1 Å². The van der Waals surface area contributed by atoms with Crippen LogP contribution in [-0.2, 0) is 23.2 Å². The lowest BCUT2D eigenvalue weighted by Crippen LogP contribution is -2.51. The summed E-state index contributed by atoms with van der Waals surface area (Å²) in [5.41, 5.74) is 7.11. The lowest BCUT2D eigenvalue weighted by atomic mass is 10.1. The van der Waals surface area contributed by atoms with Crippen molar-refractivity contribution < 1.29 is 12.9 Å². The Morgan fingerprint density at radius 3 is 2.65 bits per heavy atom. The predicted molar refractivity (Wildman–Crippen MR) is 60.1 cm³/mol. The van der Waals surface area contributed by atoms with Gasteiger partial charge in [0.25, 0.3) is 10.2 Å². The first kappa shape index (κ1) is 11.0. The number of aromatic nitrogens is 1. The van der Waals surface area contributed by atoms with Gasteiger partial charge in [-0.15, -0.1) is 0 Å². The molecule has 94 valence electrons. The van der Waals surface area contributed by atoms with Gasteiger partial charge >= 0.3 is 0 Å². The normalized spacial score (nSPS) is 22.1. The van der Waals surface area contributed by atoms with Crippen LogP contribution < -0.4 is 5.73 Å². The summed E-state index contributed by atoms with van der Waals surface area (Å²) in [6.07, 6.45) is 1.50. The molecule has 0 bridgehead atoms. The third-order valence-corrected chi connectivity index (χ3v) is 5.28. The van der Waals surface area contributed by atoms with Crippen LogP contribution in [0, 0.1) is 0 Å². The molecule has 7 nitrogen and oxygen atoms in total. The Morgan fingerprint density at radius 1 is 1.24 bits per heavy atom. The molecular weight excluding hydrogens is 244 g/mol. The molecule has 3 heterocycles. The number of nitrogens with zero attached hydrogens (tertiary/aromatic N) is 3. The van der Waals surface area contributed by atoms with E-state index in [0.29, 0.717) is 31.6 Å². The zero-order chi connectivity index (χ0) is 12.0. The topological polar surface area (TPSA) is 92.7 Å². The van der Waals surface area contributed by atoms with Crippen LogP contribution in [0.2, 0.25) is 0 Å². The van der Waals surface area contributed by atoms with Gasteiger partial charge in [0.1, 0.15) is 0 Å². The minimum atomic E-state index is -3.32. The van der Waals surface area contributed by atoms with Crippen LogP contribution >= 0.6 is 0 Å². The SMILES string of the molecule is Nc1onc2c1CN(S(=O)(=O)N1CCC1)CC2. The number of hydrogen-bond donors (Lipinski definition) is 1. The van der Waals surface area contributed by atoms with Gasteiger partial charge in [-0.1, -0.05) is 5.16 Å². The lowest BCUT2D eigenvalue weighted by molar-refractivity contribution is 0.266. The zero-order valence-corrected chi connectivity index (χ0v) is 10.1. The Kier molecular flexibility index (Phi) is 2.39. The van der Waals surface area contributed by atoms with Gasteiger partial charge in [0.15, 0.2) is 0 Å². The molecule has 17 heavy (non-hydrogen) atoms. The minimum absolute atomic E-state index is 0.225. The van der Waals surface area contributed by atoms with Crippen molar-refractivity contribution in [2.45, 2.75) is 19.4 Å². The largest absolute Gasteiger partial charge is 0.367 e. The molecule has 2 N–H and O–H groups in total. The molecule has 0 saturated carbocycles. The van der Waals surface area contributed by atoms with Crippen molar-refractivity contribution in [2.24, 2.45) is 0 Å². The summed E-state index contributed by atoms with van der Waals surface area (Å²) in [6.45, 7) is 1.94. The lowest BCUT2D eigenvalue weighted by Gasteiger charge is -2.36. The molecule has 8 heteroatoms. The summed E-state index contributed by atoms with van der Waals surface area (Å²) in [6, 6.07) is 0. The van der Waals surface area contributed by atoms with E-state index in [1.807, 2.05) is 0 Å². The molecule has 0 radical (unpaired) electrons. The molecule has 1 saturated heterocycles. The highest BCUT2D eigenvalue weighted by Gasteiger charge is 2.36. The van der Waals surface area contributed by atoms with Crippen LogP contribution in [0.1, 0.15) is 17.7 Å². The highest BCUT2D eigenvalue weighted by Crippen LogP contribution is 2.27. The average Bonchev–Trinajstić information content (AvgIpc) is 2.57. The third-order valence-electron chi connectivity index (χ3n) is 3.30. The fraction of sp³-hybridized carbons (Fsp3) is 0.667. The maximum atomic E-state index is 12.2. The zero-order valence-electron chi connectivity index (χ0n) is 9.29. The highest BCUT2D eigenvalue weighted by atomic mass is 32.2. The van der Waals surface area contributed by atoms with E-state index in [1.54, 1.807) is 0 Å². The van der Waals surface area contributed by atoms with E-state index in [0.717, 1.165) is 12.1 Å². The summed E-state index contributed by atoms with van der Waals surface area (Å²) in [4.78, 5) is 0. The fourth-order valence-corrected chi connectivity index (χ4v) is 3.75. The Bertz CT molecular complexity index is 534. The molecule has 0 spiro atoms. The van der Waals surface area contributed by atoms with Gasteiger partial charge < -0.3 is 10.3 Å². The molecule has 0 atom stereocenters. The average molecular weight is 258 g/mol. The van der Waals surface area contributed by atoms with Crippen LogP contribution in [-0.4, -0.2) is 41.8 Å². The minimum Gasteiger partial charge on any atom is -0.367 e. The molecule has 1 aromatic heterocycles. The Hall–Kier alpha value is -1.12. The highest BCUT2D eigenvalue weighted by molar-refractivity contribution is 7.86. The Labute approximate surface area is 99.3 Å².